The van der Waals surface area contributed by atoms with Crippen molar-refractivity contribution in [1.29, 1.82) is 0 Å². The second kappa shape index (κ2) is 14.1. The highest BCUT2D eigenvalue weighted by atomic mass is 32.1. The van der Waals surface area contributed by atoms with Gasteiger partial charge >= 0.3 is 0 Å². The normalized spacial score (nSPS) is 12.0. The third-order valence-electron chi connectivity index (χ3n) is 13.3. The van der Waals surface area contributed by atoms with Gasteiger partial charge in [-0.1, -0.05) is 158 Å². The summed E-state index contributed by atoms with van der Waals surface area (Å²) in [5, 5.41) is 10.0. The van der Waals surface area contributed by atoms with Gasteiger partial charge < -0.3 is 8.97 Å². The van der Waals surface area contributed by atoms with Gasteiger partial charge in [0.05, 0.1) is 39.0 Å². The second-order valence-electron chi connectivity index (χ2n) is 16.9. The van der Waals surface area contributed by atoms with Crippen LogP contribution < -0.4 is 0 Å². The van der Waals surface area contributed by atoms with E-state index in [1.807, 2.05) is 23.5 Å². The molecule has 0 radical (unpaired) electrons. The van der Waals surface area contributed by atoms with E-state index in [-0.39, 0.29) is 0 Å². The molecule has 9 aromatic carbocycles. The van der Waals surface area contributed by atoms with Crippen molar-refractivity contribution in [3.8, 4) is 50.7 Å². The quantitative estimate of drug-likeness (QED) is 0.162. The Balaban J connectivity index is 1.04. The summed E-state index contributed by atoms with van der Waals surface area (Å²) in [6, 6.07) is 79.0. The molecule has 0 bridgehead atoms. The third-order valence-corrected chi connectivity index (χ3v) is 14.5. The minimum atomic E-state index is 0.685. The van der Waals surface area contributed by atoms with E-state index in [2.05, 4.69) is 215 Å². The number of nitrogens with zero attached hydrogens (tertiary/aromatic N) is 4. The van der Waals surface area contributed by atoms with Crippen molar-refractivity contribution in [3.05, 3.63) is 218 Å². The Morgan fingerprint density at radius 3 is 1.75 bits per heavy atom. The average Bonchev–Trinajstić information content (AvgIpc) is 4.05. The van der Waals surface area contributed by atoms with Crippen LogP contribution in [0.2, 0.25) is 0 Å². The number of fused-ring (bicyclic) bond motifs is 14. The SMILES string of the molecule is c1ccc(-c2cc(-c3ccccc3)nc(-c3cccc(-n4c5ccc(-c6cccc7c6sc6ccccc67)cc5c5cc6cc7c8ccccc8c8ccccc8n7c6cc54)c3)n2)cc1. The van der Waals surface area contributed by atoms with Crippen LogP contribution in [0.15, 0.2) is 218 Å². The van der Waals surface area contributed by atoms with Crippen molar-refractivity contribution < 1.29 is 0 Å². The fourth-order valence-electron chi connectivity index (χ4n) is 10.3. The third kappa shape index (κ3) is 5.56. The summed E-state index contributed by atoms with van der Waals surface area (Å²) >= 11 is 1.88. The lowest BCUT2D eigenvalue weighted by Gasteiger charge is -2.13. The zero-order chi connectivity index (χ0) is 42.6. The number of pyridine rings is 1. The van der Waals surface area contributed by atoms with E-state index >= 15 is 0 Å². The van der Waals surface area contributed by atoms with E-state index < -0.39 is 0 Å². The van der Waals surface area contributed by atoms with E-state index in [9.17, 15) is 0 Å². The van der Waals surface area contributed by atoms with Crippen molar-refractivity contribution in [2.75, 3.05) is 0 Å². The van der Waals surface area contributed by atoms with E-state index in [4.69, 9.17) is 9.97 Å². The fourth-order valence-corrected chi connectivity index (χ4v) is 11.6. The first-order valence-electron chi connectivity index (χ1n) is 22.1. The number of aromatic nitrogens is 4. The molecule has 4 nitrogen and oxygen atoms in total. The molecule has 5 aromatic heterocycles. The van der Waals surface area contributed by atoms with Crippen molar-refractivity contribution in [2.24, 2.45) is 0 Å². The maximum atomic E-state index is 5.23. The lowest BCUT2D eigenvalue weighted by atomic mass is 10.0. The molecule has 0 spiro atoms. The molecular weight excluding hydrogens is 809 g/mol. The highest BCUT2D eigenvalue weighted by Gasteiger charge is 2.20. The van der Waals surface area contributed by atoms with Gasteiger partial charge in [0, 0.05) is 69.5 Å². The molecule has 0 aliphatic rings. The highest BCUT2D eigenvalue weighted by molar-refractivity contribution is 7.26. The Morgan fingerprint density at radius 1 is 0.338 bits per heavy atom. The predicted octanol–water partition coefficient (Wildman–Crippen LogP) is 16.3. The van der Waals surface area contributed by atoms with Crippen LogP contribution in [0.1, 0.15) is 0 Å². The summed E-state index contributed by atoms with van der Waals surface area (Å²) in [6.07, 6.45) is 0. The maximum absolute atomic E-state index is 5.23. The van der Waals surface area contributed by atoms with Gasteiger partial charge in [-0.3, -0.25) is 0 Å². The van der Waals surface area contributed by atoms with Gasteiger partial charge in [-0.25, -0.2) is 9.97 Å². The Hall–Kier alpha value is -8.38. The van der Waals surface area contributed by atoms with Crippen molar-refractivity contribution in [1.82, 2.24) is 18.9 Å². The van der Waals surface area contributed by atoms with Crippen LogP contribution in [0.25, 0.3) is 131 Å². The Morgan fingerprint density at radius 2 is 0.969 bits per heavy atom. The van der Waals surface area contributed by atoms with Gasteiger partial charge in [0.15, 0.2) is 5.82 Å². The topological polar surface area (TPSA) is 35.1 Å². The molecule has 14 rings (SSSR count). The van der Waals surface area contributed by atoms with Gasteiger partial charge in [-0.2, -0.15) is 0 Å². The fraction of sp³-hybridized carbons (Fsp3) is 0. The second-order valence-corrected chi connectivity index (χ2v) is 18.0. The van der Waals surface area contributed by atoms with E-state index in [1.54, 1.807) is 0 Å². The largest absolute Gasteiger partial charge is 0.309 e. The first-order valence-corrected chi connectivity index (χ1v) is 22.9. The summed E-state index contributed by atoms with van der Waals surface area (Å²) in [4.78, 5) is 10.5. The molecule has 0 atom stereocenters. The molecule has 0 aliphatic carbocycles. The summed E-state index contributed by atoms with van der Waals surface area (Å²) in [7, 11) is 0. The van der Waals surface area contributed by atoms with Crippen molar-refractivity contribution in [2.45, 2.75) is 0 Å². The average molecular weight is 845 g/mol. The molecule has 5 heterocycles. The molecule has 0 unspecified atom stereocenters. The number of hydrogen-bond acceptors (Lipinski definition) is 3. The van der Waals surface area contributed by atoms with Gasteiger partial charge in [-0.05, 0) is 77.2 Å². The Kier molecular flexibility index (Phi) is 7.82. The highest BCUT2D eigenvalue weighted by Crippen LogP contribution is 2.44. The number of thiophene rings is 1. The number of hydrogen-bond donors (Lipinski definition) is 0. The summed E-state index contributed by atoms with van der Waals surface area (Å²) in [6.45, 7) is 0. The number of para-hydroxylation sites is 1. The van der Waals surface area contributed by atoms with Gasteiger partial charge in [0.25, 0.3) is 0 Å². The zero-order valence-electron chi connectivity index (χ0n) is 35.0. The zero-order valence-corrected chi connectivity index (χ0v) is 35.8. The minimum absolute atomic E-state index is 0.685. The summed E-state index contributed by atoms with van der Waals surface area (Å²) < 4.78 is 7.54. The van der Waals surface area contributed by atoms with Gasteiger partial charge in [0.2, 0.25) is 0 Å². The van der Waals surface area contributed by atoms with Crippen LogP contribution in [0, 0.1) is 0 Å². The van der Waals surface area contributed by atoms with E-state index in [1.165, 1.54) is 80.2 Å². The lowest BCUT2D eigenvalue weighted by Crippen LogP contribution is -1.98. The molecule has 65 heavy (non-hydrogen) atoms. The molecule has 0 saturated carbocycles. The molecule has 0 amide bonds. The molecule has 14 aromatic rings. The van der Waals surface area contributed by atoms with Crippen LogP contribution in [-0.4, -0.2) is 18.9 Å². The Labute approximate surface area is 377 Å². The van der Waals surface area contributed by atoms with Crippen LogP contribution in [-0.2, 0) is 0 Å². The van der Waals surface area contributed by atoms with Crippen LogP contribution in [0.3, 0.4) is 0 Å². The molecule has 0 saturated heterocycles. The van der Waals surface area contributed by atoms with Crippen LogP contribution in [0.5, 0.6) is 0 Å². The molecule has 0 fully saturated rings. The van der Waals surface area contributed by atoms with Crippen molar-refractivity contribution in [3.63, 3.8) is 0 Å². The maximum Gasteiger partial charge on any atom is 0.160 e. The molecular formula is C60H36N4S. The monoisotopic (exact) mass is 844 g/mol. The van der Waals surface area contributed by atoms with Gasteiger partial charge in [0.1, 0.15) is 0 Å². The van der Waals surface area contributed by atoms with Crippen molar-refractivity contribution >= 4 is 91.4 Å². The first-order chi connectivity index (χ1) is 32.2. The smallest absolute Gasteiger partial charge is 0.160 e. The summed E-state index contributed by atoms with van der Waals surface area (Å²) in [5.41, 5.74) is 14.2. The summed E-state index contributed by atoms with van der Waals surface area (Å²) in [5.74, 6) is 0.685. The molecule has 302 valence electrons. The van der Waals surface area contributed by atoms with E-state index in [0.29, 0.717) is 5.82 Å². The molecule has 5 heteroatoms. The predicted molar refractivity (Wildman–Crippen MR) is 274 cm³/mol. The molecule has 0 aliphatic heterocycles. The van der Waals surface area contributed by atoms with Crippen LogP contribution in [0.4, 0.5) is 0 Å². The van der Waals surface area contributed by atoms with E-state index in [0.717, 1.165) is 44.8 Å². The standard InChI is InChI=1S/C60H36N4S/c1-3-15-37(16-4-1)51-35-52(38-17-5-2-6-18-38)62-60(61-51)40-19-13-20-42(31-40)63-54-30-29-39(43-25-14-26-48-47-24-10-12-28-58(47)65-59(43)48)32-49(54)50-33-41-34-56-46-23-8-7-21-44(46)45-22-9-11-27-53(45)64(56)55(41)36-57(50)63/h1-36H. The number of benzene rings is 9. The Bertz CT molecular complexity index is 4180. The lowest BCUT2D eigenvalue weighted by molar-refractivity contribution is 1.16. The van der Waals surface area contributed by atoms with Crippen LogP contribution >= 0.6 is 11.3 Å². The molecule has 0 N–H and O–H groups in total. The minimum Gasteiger partial charge on any atom is -0.309 e. The van der Waals surface area contributed by atoms with Gasteiger partial charge in [-0.15, -0.1) is 11.3 Å². The first kappa shape index (κ1) is 36.1. The number of rotatable bonds is 5.